The molecule has 1 amide bonds. The molecule has 1 aromatic carbocycles. The number of nitrogens with one attached hydrogen (secondary N) is 1. The molecule has 0 unspecified atom stereocenters. The highest BCUT2D eigenvalue weighted by Gasteiger charge is 2.30. The normalized spacial score (nSPS) is 15.6. The van der Waals surface area contributed by atoms with Crippen molar-refractivity contribution in [2.75, 3.05) is 42.1 Å². The van der Waals surface area contributed by atoms with E-state index >= 15 is 0 Å². The molecule has 2 rings (SSSR count). The molecule has 6 nitrogen and oxygen atoms in total. The molecule has 164 valence electrons. The number of anilines is 2. The fourth-order valence-electron chi connectivity index (χ4n) is 3.23. The molecular weight excluding hydrogens is 427 g/mol. The van der Waals surface area contributed by atoms with Crippen LogP contribution < -0.4 is 10.2 Å². The van der Waals surface area contributed by atoms with Gasteiger partial charge in [0.05, 0.1) is 22.0 Å². The van der Waals surface area contributed by atoms with Crippen LogP contribution in [0.15, 0.2) is 23.1 Å². The van der Waals surface area contributed by atoms with Crippen molar-refractivity contribution in [1.29, 1.82) is 0 Å². The first-order valence-electron chi connectivity index (χ1n) is 9.48. The molecule has 0 spiro atoms. The van der Waals surface area contributed by atoms with Gasteiger partial charge in [0.1, 0.15) is 0 Å². The van der Waals surface area contributed by atoms with Gasteiger partial charge in [-0.1, -0.05) is 13.8 Å². The van der Waals surface area contributed by atoms with Gasteiger partial charge in [0.2, 0.25) is 15.9 Å². The van der Waals surface area contributed by atoms with Gasteiger partial charge in [-0.25, -0.2) is 8.42 Å². The third-order valence-corrected chi connectivity index (χ3v) is 7.43. The number of thioether (sulfide) groups is 1. The fourth-order valence-corrected chi connectivity index (χ4v) is 5.08. The number of rotatable bonds is 8. The highest BCUT2D eigenvalue weighted by molar-refractivity contribution is 8.00. The van der Waals surface area contributed by atoms with Crippen molar-refractivity contribution in [1.82, 2.24) is 4.31 Å². The Hall–Kier alpha value is -1.46. The minimum absolute atomic E-state index is 0.000680. The van der Waals surface area contributed by atoms with E-state index < -0.39 is 39.0 Å². The predicted octanol–water partition coefficient (Wildman–Crippen LogP) is 3.90. The van der Waals surface area contributed by atoms with Crippen molar-refractivity contribution in [2.24, 2.45) is 0 Å². The summed E-state index contributed by atoms with van der Waals surface area (Å²) in [7, 11) is -3.76. The van der Waals surface area contributed by atoms with Crippen molar-refractivity contribution < 1.29 is 26.4 Å². The molecule has 1 fully saturated rings. The second-order valence-electron chi connectivity index (χ2n) is 6.60. The van der Waals surface area contributed by atoms with Crippen LogP contribution in [-0.2, 0) is 14.8 Å². The molecule has 0 bridgehead atoms. The number of benzene rings is 1. The molecule has 0 aromatic heterocycles. The van der Waals surface area contributed by atoms with Crippen molar-refractivity contribution >= 4 is 39.1 Å². The zero-order valence-corrected chi connectivity index (χ0v) is 18.1. The molecule has 1 aliphatic heterocycles. The maximum absolute atomic E-state index is 12.8. The van der Waals surface area contributed by atoms with Crippen molar-refractivity contribution in [2.45, 2.75) is 43.5 Å². The lowest BCUT2D eigenvalue weighted by Crippen LogP contribution is -2.32. The van der Waals surface area contributed by atoms with Crippen LogP contribution in [0, 0.1) is 0 Å². The van der Waals surface area contributed by atoms with E-state index in [4.69, 9.17) is 0 Å². The average molecular weight is 454 g/mol. The summed E-state index contributed by atoms with van der Waals surface area (Å²) >= 11 is -0.428. The zero-order valence-electron chi connectivity index (χ0n) is 16.5. The fraction of sp³-hybridized carbons (Fsp3) is 0.611. The molecule has 1 N–H and O–H groups in total. The number of alkyl halides is 3. The highest BCUT2D eigenvalue weighted by atomic mass is 32.2. The second kappa shape index (κ2) is 10.0. The molecule has 0 saturated carbocycles. The van der Waals surface area contributed by atoms with E-state index in [-0.39, 0.29) is 23.7 Å². The van der Waals surface area contributed by atoms with Crippen molar-refractivity contribution in [3.05, 3.63) is 18.2 Å². The van der Waals surface area contributed by atoms with Gasteiger partial charge < -0.3 is 10.2 Å². The number of piperidine rings is 1. The number of hydrogen-bond donors (Lipinski definition) is 1. The van der Waals surface area contributed by atoms with E-state index in [0.717, 1.165) is 32.4 Å². The maximum Gasteiger partial charge on any atom is 0.442 e. The largest absolute Gasteiger partial charge is 0.442 e. The number of carbonyl (C=O) groups is 1. The van der Waals surface area contributed by atoms with Crippen molar-refractivity contribution in [3.63, 3.8) is 0 Å². The number of amides is 1. The Kier molecular flexibility index (Phi) is 8.24. The molecule has 11 heteroatoms. The standard InChI is InChI=1S/C18H26F3N3O3S2/c1-3-24(4-2)29(26,27)14-8-9-16(23-10-6-5-7-11-23)15(12-14)22-17(25)13-28-18(19,20)21/h8-9,12H,3-7,10-11,13H2,1-2H3,(H,22,25). The summed E-state index contributed by atoms with van der Waals surface area (Å²) in [5, 5.41) is 2.48. The Morgan fingerprint density at radius 1 is 1.17 bits per heavy atom. The molecule has 1 saturated heterocycles. The first-order chi connectivity index (χ1) is 13.6. The van der Waals surface area contributed by atoms with E-state index in [9.17, 15) is 26.4 Å². The molecule has 1 aromatic rings. The zero-order chi connectivity index (χ0) is 21.7. The lowest BCUT2D eigenvalue weighted by atomic mass is 10.1. The van der Waals surface area contributed by atoms with E-state index in [1.807, 2.05) is 4.90 Å². The molecule has 1 aliphatic rings. The minimum Gasteiger partial charge on any atom is -0.370 e. The topological polar surface area (TPSA) is 69.7 Å². The smallest absolute Gasteiger partial charge is 0.370 e. The Morgan fingerprint density at radius 2 is 1.79 bits per heavy atom. The first-order valence-corrected chi connectivity index (χ1v) is 11.9. The summed E-state index contributed by atoms with van der Waals surface area (Å²) in [5.74, 6) is -1.63. The van der Waals surface area contributed by atoms with Gasteiger partial charge in [0.25, 0.3) is 0 Å². The molecule has 0 atom stereocenters. The predicted molar refractivity (Wildman–Crippen MR) is 110 cm³/mol. The van der Waals surface area contributed by atoms with Gasteiger partial charge >= 0.3 is 5.51 Å². The van der Waals surface area contributed by atoms with Gasteiger partial charge in [-0.2, -0.15) is 17.5 Å². The van der Waals surface area contributed by atoms with Crippen LogP contribution in [0.5, 0.6) is 0 Å². The van der Waals surface area contributed by atoms with Gasteiger partial charge in [0, 0.05) is 26.2 Å². The summed E-state index contributed by atoms with van der Waals surface area (Å²) in [4.78, 5) is 14.1. The van der Waals surface area contributed by atoms with Crippen LogP contribution >= 0.6 is 11.8 Å². The highest BCUT2D eigenvalue weighted by Crippen LogP contribution is 2.33. The molecule has 0 aliphatic carbocycles. The van der Waals surface area contributed by atoms with E-state index in [1.165, 1.54) is 16.4 Å². The molecule has 29 heavy (non-hydrogen) atoms. The maximum atomic E-state index is 12.8. The Bertz CT molecular complexity index is 806. The number of sulfonamides is 1. The molecule has 0 radical (unpaired) electrons. The van der Waals surface area contributed by atoms with Crippen molar-refractivity contribution in [3.8, 4) is 0 Å². The second-order valence-corrected chi connectivity index (χ2v) is 9.58. The Balaban J connectivity index is 2.36. The SMILES string of the molecule is CCN(CC)S(=O)(=O)c1ccc(N2CCCCC2)c(NC(=O)CSC(F)(F)F)c1. The lowest BCUT2D eigenvalue weighted by molar-refractivity contribution is -0.114. The third-order valence-electron chi connectivity index (χ3n) is 4.65. The summed E-state index contributed by atoms with van der Waals surface area (Å²) in [6.07, 6.45) is 2.99. The van der Waals surface area contributed by atoms with E-state index in [2.05, 4.69) is 5.32 Å². The van der Waals surface area contributed by atoms with Crippen LogP contribution in [0.1, 0.15) is 33.1 Å². The summed E-state index contributed by atoms with van der Waals surface area (Å²) < 4.78 is 64.1. The minimum atomic E-state index is -4.51. The van der Waals surface area contributed by atoms with Crippen LogP contribution in [0.25, 0.3) is 0 Å². The number of carbonyl (C=O) groups excluding carboxylic acids is 1. The first kappa shape index (κ1) is 23.8. The van der Waals surface area contributed by atoms with Gasteiger partial charge in [0.15, 0.2) is 0 Å². The van der Waals surface area contributed by atoms with E-state index in [0.29, 0.717) is 5.69 Å². The Morgan fingerprint density at radius 3 is 2.34 bits per heavy atom. The van der Waals surface area contributed by atoms with Gasteiger partial charge in [-0.3, -0.25) is 4.79 Å². The quantitative estimate of drug-likeness (QED) is 0.647. The number of halogens is 3. The van der Waals surface area contributed by atoms with E-state index in [1.54, 1.807) is 19.9 Å². The number of nitrogens with zero attached hydrogens (tertiary/aromatic N) is 2. The van der Waals surface area contributed by atoms with Crippen LogP contribution in [0.3, 0.4) is 0 Å². The van der Waals surface area contributed by atoms with Crippen LogP contribution in [0.4, 0.5) is 24.5 Å². The van der Waals surface area contributed by atoms with Crippen LogP contribution in [0.2, 0.25) is 0 Å². The molecule has 1 heterocycles. The summed E-state index contributed by atoms with van der Waals surface area (Å²) in [5.41, 5.74) is -3.68. The summed E-state index contributed by atoms with van der Waals surface area (Å²) in [6.45, 7) is 5.50. The summed E-state index contributed by atoms with van der Waals surface area (Å²) in [6, 6.07) is 4.44. The lowest BCUT2D eigenvalue weighted by Gasteiger charge is -2.31. The number of hydrogen-bond acceptors (Lipinski definition) is 5. The molecular formula is C18H26F3N3O3S2. The third kappa shape index (κ3) is 6.51. The van der Waals surface area contributed by atoms with Gasteiger partial charge in [-0.15, -0.1) is 0 Å². The average Bonchev–Trinajstić information content (AvgIpc) is 2.67. The van der Waals surface area contributed by atoms with Crippen LogP contribution in [-0.4, -0.2) is 56.1 Å². The Labute approximate surface area is 173 Å². The van der Waals surface area contributed by atoms with Gasteiger partial charge in [-0.05, 0) is 49.2 Å². The monoisotopic (exact) mass is 453 g/mol.